The lowest BCUT2D eigenvalue weighted by Gasteiger charge is -2.22. The van der Waals surface area contributed by atoms with Crippen LogP contribution in [0.25, 0.3) is 0 Å². The minimum atomic E-state index is 0.171. The fraction of sp³-hybridized carbons (Fsp3) is 0.571. The minimum absolute atomic E-state index is 0.171. The van der Waals surface area contributed by atoms with E-state index >= 15 is 0 Å². The minimum Gasteiger partial charge on any atom is -0.374 e. The molecule has 0 saturated carbocycles. The number of benzene rings is 1. The highest BCUT2D eigenvalue weighted by Gasteiger charge is 2.05. The predicted octanol–water partition coefficient (Wildman–Crippen LogP) is 3.19. The Morgan fingerprint density at radius 1 is 1.19 bits per heavy atom. The van der Waals surface area contributed by atoms with E-state index in [9.17, 15) is 0 Å². The molecule has 16 heavy (non-hydrogen) atoms. The van der Waals surface area contributed by atoms with Crippen LogP contribution in [0.4, 0.5) is 5.69 Å². The second-order valence-corrected chi connectivity index (χ2v) is 4.88. The Balaban J connectivity index is 2.70. The van der Waals surface area contributed by atoms with Gasteiger partial charge in [-0.2, -0.15) is 0 Å². The number of hydrogen-bond donors (Lipinski definition) is 1. The van der Waals surface area contributed by atoms with Crippen LogP contribution in [0.5, 0.6) is 0 Å². The zero-order valence-electron chi connectivity index (χ0n) is 10.9. The predicted molar refractivity (Wildman–Crippen MR) is 71.8 cm³/mol. The van der Waals surface area contributed by atoms with Gasteiger partial charge in [-0.3, -0.25) is 0 Å². The molecule has 0 fully saturated rings. The van der Waals surface area contributed by atoms with Crippen LogP contribution >= 0.6 is 0 Å². The molecule has 2 heteroatoms. The van der Waals surface area contributed by atoms with Crippen molar-refractivity contribution < 1.29 is 0 Å². The van der Waals surface area contributed by atoms with E-state index in [1.807, 2.05) is 0 Å². The molecular weight excluding hydrogens is 196 g/mol. The molecule has 0 aliphatic heterocycles. The SMILES string of the molecule is CC[C@@H](N)c1ccc(N(C)CC(C)C)cc1. The van der Waals surface area contributed by atoms with Crippen LogP contribution in [-0.4, -0.2) is 13.6 Å². The van der Waals surface area contributed by atoms with Gasteiger partial charge in [-0.25, -0.2) is 0 Å². The van der Waals surface area contributed by atoms with Crippen molar-refractivity contribution in [1.29, 1.82) is 0 Å². The van der Waals surface area contributed by atoms with Crippen molar-refractivity contribution in [1.82, 2.24) is 0 Å². The first-order valence-electron chi connectivity index (χ1n) is 6.11. The molecular formula is C14H24N2. The van der Waals surface area contributed by atoms with Crippen molar-refractivity contribution in [2.75, 3.05) is 18.5 Å². The van der Waals surface area contributed by atoms with Gasteiger partial charge in [-0.1, -0.05) is 32.9 Å². The third-order valence-corrected chi connectivity index (χ3v) is 2.84. The van der Waals surface area contributed by atoms with Crippen LogP contribution in [0.15, 0.2) is 24.3 Å². The van der Waals surface area contributed by atoms with E-state index in [1.54, 1.807) is 0 Å². The highest BCUT2D eigenvalue weighted by Crippen LogP contribution is 2.19. The van der Waals surface area contributed by atoms with E-state index in [4.69, 9.17) is 5.73 Å². The van der Waals surface area contributed by atoms with E-state index in [0.29, 0.717) is 5.92 Å². The van der Waals surface area contributed by atoms with Crippen LogP contribution in [0.1, 0.15) is 38.8 Å². The number of anilines is 1. The molecule has 90 valence electrons. The van der Waals surface area contributed by atoms with E-state index in [0.717, 1.165) is 13.0 Å². The normalized spacial score (nSPS) is 12.9. The molecule has 0 aromatic heterocycles. The zero-order chi connectivity index (χ0) is 12.1. The van der Waals surface area contributed by atoms with E-state index < -0.39 is 0 Å². The summed E-state index contributed by atoms with van der Waals surface area (Å²) in [5.74, 6) is 0.683. The van der Waals surface area contributed by atoms with Crippen LogP contribution in [-0.2, 0) is 0 Å². The van der Waals surface area contributed by atoms with Crippen molar-refractivity contribution in [3.8, 4) is 0 Å². The van der Waals surface area contributed by atoms with Gasteiger partial charge in [0, 0.05) is 25.3 Å². The van der Waals surface area contributed by atoms with Gasteiger partial charge in [0.1, 0.15) is 0 Å². The van der Waals surface area contributed by atoms with E-state index in [1.165, 1.54) is 11.3 Å². The summed E-state index contributed by atoms with van der Waals surface area (Å²) in [5.41, 5.74) is 8.48. The van der Waals surface area contributed by atoms with Gasteiger partial charge in [-0.15, -0.1) is 0 Å². The number of hydrogen-bond acceptors (Lipinski definition) is 2. The molecule has 1 aromatic carbocycles. The molecule has 1 aromatic rings. The molecule has 1 atom stereocenters. The molecule has 0 spiro atoms. The summed E-state index contributed by atoms with van der Waals surface area (Å²) >= 11 is 0. The summed E-state index contributed by atoms with van der Waals surface area (Å²) in [4.78, 5) is 2.28. The molecule has 2 nitrogen and oxygen atoms in total. The van der Waals surface area contributed by atoms with E-state index in [2.05, 4.69) is 57.0 Å². The average molecular weight is 220 g/mol. The summed E-state index contributed by atoms with van der Waals surface area (Å²) in [6, 6.07) is 8.77. The first-order chi connectivity index (χ1) is 7.54. The quantitative estimate of drug-likeness (QED) is 0.825. The Morgan fingerprint density at radius 2 is 1.75 bits per heavy atom. The van der Waals surface area contributed by atoms with Gasteiger partial charge < -0.3 is 10.6 Å². The maximum atomic E-state index is 5.99. The summed E-state index contributed by atoms with van der Waals surface area (Å²) in [6.45, 7) is 7.67. The van der Waals surface area contributed by atoms with Gasteiger partial charge >= 0.3 is 0 Å². The van der Waals surface area contributed by atoms with Crippen molar-refractivity contribution in [2.24, 2.45) is 11.7 Å². The van der Waals surface area contributed by atoms with Gasteiger partial charge in [-0.05, 0) is 30.0 Å². The second-order valence-electron chi connectivity index (χ2n) is 4.88. The topological polar surface area (TPSA) is 29.3 Å². The monoisotopic (exact) mass is 220 g/mol. The van der Waals surface area contributed by atoms with Gasteiger partial charge in [0.25, 0.3) is 0 Å². The first-order valence-corrected chi connectivity index (χ1v) is 6.11. The van der Waals surface area contributed by atoms with Gasteiger partial charge in [0.15, 0.2) is 0 Å². The van der Waals surface area contributed by atoms with Gasteiger partial charge in [0.05, 0.1) is 0 Å². The fourth-order valence-electron chi connectivity index (χ4n) is 1.86. The third-order valence-electron chi connectivity index (χ3n) is 2.84. The summed E-state index contributed by atoms with van der Waals surface area (Å²) in [5, 5.41) is 0. The maximum Gasteiger partial charge on any atom is 0.0363 e. The number of rotatable bonds is 5. The van der Waals surface area contributed by atoms with Crippen LogP contribution in [0.2, 0.25) is 0 Å². The Bertz CT molecular complexity index is 303. The lowest BCUT2D eigenvalue weighted by molar-refractivity contribution is 0.638. The molecule has 0 radical (unpaired) electrons. The van der Waals surface area contributed by atoms with Crippen LogP contribution < -0.4 is 10.6 Å². The molecule has 0 bridgehead atoms. The zero-order valence-corrected chi connectivity index (χ0v) is 10.9. The van der Waals surface area contributed by atoms with Crippen LogP contribution in [0, 0.1) is 5.92 Å². The van der Waals surface area contributed by atoms with Crippen molar-refractivity contribution >= 4 is 5.69 Å². The lowest BCUT2D eigenvalue weighted by atomic mass is 10.0. The molecule has 0 amide bonds. The fourth-order valence-corrected chi connectivity index (χ4v) is 1.86. The van der Waals surface area contributed by atoms with E-state index in [-0.39, 0.29) is 6.04 Å². The Hall–Kier alpha value is -1.02. The number of nitrogens with zero attached hydrogens (tertiary/aromatic N) is 1. The lowest BCUT2D eigenvalue weighted by Crippen LogP contribution is -2.22. The Morgan fingerprint density at radius 3 is 2.19 bits per heavy atom. The summed E-state index contributed by atoms with van der Waals surface area (Å²) < 4.78 is 0. The van der Waals surface area contributed by atoms with Gasteiger partial charge in [0.2, 0.25) is 0 Å². The third kappa shape index (κ3) is 3.53. The summed E-state index contributed by atoms with van der Waals surface area (Å²) in [6.07, 6.45) is 0.987. The van der Waals surface area contributed by atoms with Crippen molar-refractivity contribution in [3.05, 3.63) is 29.8 Å². The molecule has 0 saturated heterocycles. The molecule has 0 aliphatic rings. The molecule has 0 heterocycles. The van der Waals surface area contributed by atoms with Crippen molar-refractivity contribution in [3.63, 3.8) is 0 Å². The van der Waals surface area contributed by atoms with Crippen LogP contribution in [0.3, 0.4) is 0 Å². The first kappa shape index (κ1) is 13.0. The maximum absolute atomic E-state index is 5.99. The second kappa shape index (κ2) is 5.90. The Kier molecular flexibility index (Phi) is 4.81. The highest BCUT2D eigenvalue weighted by molar-refractivity contribution is 5.47. The largest absolute Gasteiger partial charge is 0.374 e. The molecule has 2 N–H and O–H groups in total. The molecule has 0 aliphatic carbocycles. The van der Waals surface area contributed by atoms with Crippen molar-refractivity contribution in [2.45, 2.75) is 33.2 Å². The molecule has 1 rings (SSSR count). The highest BCUT2D eigenvalue weighted by atomic mass is 15.1. The number of nitrogens with two attached hydrogens (primary N) is 1. The molecule has 0 unspecified atom stereocenters. The smallest absolute Gasteiger partial charge is 0.0363 e. The standard InChI is InChI=1S/C14H24N2/c1-5-14(15)12-6-8-13(9-7-12)16(4)10-11(2)3/h6-9,11,14H,5,10,15H2,1-4H3/t14-/m1/s1. The average Bonchev–Trinajstić information content (AvgIpc) is 2.27. The Labute approximate surface area is 99.5 Å². The summed E-state index contributed by atoms with van der Waals surface area (Å²) in [7, 11) is 2.13.